The van der Waals surface area contributed by atoms with E-state index < -0.39 is 0 Å². The van der Waals surface area contributed by atoms with Gasteiger partial charge in [0.05, 0.1) is 12.0 Å². The molecule has 0 spiro atoms. The molecule has 0 bridgehead atoms. The standard InChI is InChI=1S/C18H22N8O2/c1-12-6-18(28)25(10-23-12)8-17(27)20-5-4-19-15-7-16(22-9-21-15)26-11-24-13(2)14(26)3/h6-7,9-11H,4-5,8H2,1-3H3,(H,20,27)(H,19,21,22). The van der Waals surface area contributed by atoms with E-state index in [-0.39, 0.29) is 18.0 Å². The number of amides is 1. The molecule has 0 atom stereocenters. The van der Waals surface area contributed by atoms with E-state index in [1.807, 2.05) is 24.5 Å². The number of carbonyl (C=O) groups excluding carboxylic acids is 1. The third-order valence-corrected chi connectivity index (χ3v) is 4.23. The van der Waals surface area contributed by atoms with Crippen molar-refractivity contribution in [3.8, 4) is 5.82 Å². The molecule has 0 aliphatic carbocycles. The highest BCUT2D eigenvalue weighted by Crippen LogP contribution is 2.13. The molecule has 10 nitrogen and oxygen atoms in total. The van der Waals surface area contributed by atoms with Gasteiger partial charge in [0.1, 0.15) is 30.8 Å². The van der Waals surface area contributed by atoms with E-state index in [1.54, 1.807) is 13.3 Å². The molecule has 0 fully saturated rings. The molecule has 146 valence electrons. The summed E-state index contributed by atoms with van der Waals surface area (Å²) in [6.07, 6.45) is 4.57. The lowest BCUT2D eigenvalue weighted by Crippen LogP contribution is -2.34. The summed E-state index contributed by atoms with van der Waals surface area (Å²) >= 11 is 0. The number of aryl methyl sites for hydroxylation is 2. The Kier molecular flexibility index (Phi) is 5.78. The first kappa shape index (κ1) is 19.2. The average molecular weight is 382 g/mol. The second-order valence-corrected chi connectivity index (χ2v) is 6.32. The van der Waals surface area contributed by atoms with Crippen LogP contribution >= 0.6 is 0 Å². The molecule has 3 aromatic heterocycles. The molecular weight excluding hydrogens is 360 g/mol. The van der Waals surface area contributed by atoms with Gasteiger partial charge in [0.2, 0.25) is 5.91 Å². The van der Waals surface area contributed by atoms with Crippen LogP contribution in [0.2, 0.25) is 0 Å². The van der Waals surface area contributed by atoms with Crippen molar-refractivity contribution >= 4 is 11.7 Å². The molecule has 0 aromatic carbocycles. The van der Waals surface area contributed by atoms with Crippen LogP contribution in [0.25, 0.3) is 5.82 Å². The van der Waals surface area contributed by atoms with Gasteiger partial charge in [-0.15, -0.1) is 0 Å². The van der Waals surface area contributed by atoms with E-state index in [9.17, 15) is 9.59 Å². The summed E-state index contributed by atoms with van der Waals surface area (Å²) in [5, 5.41) is 5.89. The molecule has 10 heteroatoms. The number of hydrogen-bond donors (Lipinski definition) is 2. The van der Waals surface area contributed by atoms with Crippen molar-refractivity contribution in [2.75, 3.05) is 18.4 Å². The molecule has 3 rings (SSSR count). The quantitative estimate of drug-likeness (QED) is 0.567. The first-order valence-electron chi connectivity index (χ1n) is 8.80. The Hall–Kier alpha value is -3.56. The van der Waals surface area contributed by atoms with E-state index in [4.69, 9.17) is 0 Å². The van der Waals surface area contributed by atoms with Gasteiger partial charge in [-0.1, -0.05) is 0 Å². The number of anilines is 1. The summed E-state index contributed by atoms with van der Waals surface area (Å²) in [6.45, 7) is 6.44. The molecule has 1 amide bonds. The van der Waals surface area contributed by atoms with Crippen molar-refractivity contribution in [3.63, 3.8) is 0 Å². The van der Waals surface area contributed by atoms with Crippen LogP contribution in [0.4, 0.5) is 5.82 Å². The van der Waals surface area contributed by atoms with Crippen molar-refractivity contribution < 1.29 is 4.79 Å². The van der Waals surface area contributed by atoms with Crippen molar-refractivity contribution in [1.29, 1.82) is 0 Å². The summed E-state index contributed by atoms with van der Waals surface area (Å²) in [5.74, 6) is 1.09. The topological polar surface area (TPSA) is 120 Å². The molecule has 0 saturated carbocycles. The molecule has 2 N–H and O–H groups in total. The minimum atomic E-state index is -0.262. The largest absolute Gasteiger partial charge is 0.368 e. The summed E-state index contributed by atoms with van der Waals surface area (Å²) in [7, 11) is 0. The van der Waals surface area contributed by atoms with Crippen LogP contribution in [0.5, 0.6) is 0 Å². The molecule has 0 aliphatic rings. The average Bonchev–Trinajstić information content (AvgIpc) is 3.00. The second-order valence-electron chi connectivity index (χ2n) is 6.32. The molecule has 0 radical (unpaired) electrons. The number of nitrogens with one attached hydrogen (secondary N) is 2. The zero-order valence-corrected chi connectivity index (χ0v) is 16.0. The normalized spacial score (nSPS) is 10.7. The first-order valence-corrected chi connectivity index (χ1v) is 8.80. The lowest BCUT2D eigenvalue weighted by molar-refractivity contribution is -0.121. The second kappa shape index (κ2) is 8.42. The molecular formula is C18H22N8O2. The van der Waals surface area contributed by atoms with Gasteiger partial charge in [-0.2, -0.15) is 0 Å². The Bertz CT molecular complexity index is 1040. The minimum Gasteiger partial charge on any atom is -0.368 e. The number of nitrogens with zero attached hydrogens (tertiary/aromatic N) is 6. The maximum atomic E-state index is 12.0. The Labute approximate surface area is 161 Å². The minimum absolute atomic E-state index is 0.0664. The summed E-state index contributed by atoms with van der Waals surface area (Å²) in [5.41, 5.74) is 2.33. The SMILES string of the molecule is Cc1cc(=O)n(CC(=O)NCCNc2cc(-n3cnc(C)c3C)ncn2)cn1. The molecule has 0 unspecified atom stereocenters. The van der Waals surface area contributed by atoms with E-state index in [0.29, 0.717) is 30.4 Å². The van der Waals surface area contributed by atoms with Crippen LogP contribution < -0.4 is 16.2 Å². The van der Waals surface area contributed by atoms with Gasteiger partial charge >= 0.3 is 0 Å². The van der Waals surface area contributed by atoms with Crippen LogP contribution in [-0.2, 0) is 11.3 Å². The number of carbonyl (C=O) groups is 1. The van der Waals surface area contributed by atoms with E-state index >= 15 is 0 Å². The highest BCUT2D eigenvalue weighted by molar-refractivity contribution is 5.75. The van der Waals surface area contributed by atoms with Gasteiger partial charge in [0.25, 0.3) is 5.56 Å². The van der Waals surface area contributed by atoms with E-state index in [0.717, 1.165) is 11.4 Å². The zero-order chi connectivity index (χ0) is 20.1. The van der Waals surface area contributed by atoms with Crippen LogP contribution in [0.1, 0.15) is 17.1 Å². The van der Waals surface area contributed by atoms with Gasteiger partial charge in [-0.3, -0.25) is 18.7 Å². The van der Waals surface area contributed by atoms with Crippen molar-refractivity contribution in [2.24, 2.45) is 0 Å². The monoisotopic (exact) mass is 382 g/mol. The summed E-state index contributed by atoms with van der Waals surface area (Å²) in [4.78, 5) is 40.5. The summed E-state index contributed by atoms with van der Waals surface area (Å²) in [6, 6.07) is 3.21. The van der Waals surface area contributed by atoms with Crippen LogP contribution in [0.3, 0.4) is 0 Å². The lowest BCUT2D eigenvalue weighted by Gasteiger charge is -2.10. The Morgan fingerprint density at radius 1 is 1.04 bits per heavy atom. The van der Waals surface area contributed by atoms with Crippen molar-refractivity contribution in [1.82, 2.24) is 34.4 Å². The molecule has 0 saturated heterocycles. The number of imidazole rings is 1. The Balaban J connectivity index is 1.50. The van der Waals surface area contributed by atoms with Gasteiger partial charge < -0.3 is 10.6 Å². The number of aromatic nitrogens is 6. The van der Waals surface area contributed by atoms with Gasteiger partial charge in [-0.25, -0.2) is 19.9 Å². The van der Waals surface area contributed by atoms with Gasteiger partial charge in [-0.05, 0) is 20.8 Å². The van der Waals surface area contributed by atoms with Crippen LogP contribution in [0.15, 0.2) is 35.9 Å². The van der Waals surface area contributed by atoms with Crippen molar-refractivity contribution in [3.05, 3.63) is 58.6 Å². The van der Waals surface area contributed by atoms with E-state index in [2.05, 4.69) is 30.6 Å². The van der Waals surface area contributed by atoms with Crippen LogP contribution in [0, 0.1) is 20.8 Å². The smallest absolute Gasteiger partial charge is 0.253 e. The fourth-order valence-corrected chi connectivity index (χ4v) is 2.54. The zero-order valence-electron chi connectivity index (χ0n) is 16.0. The van der Waals surface area contributed by atoms with Gasteiger partial charge in [0, 0.05) is 36.6 Å². The lowest BCUT2D eigenvalue weighted by atomic mass is 10.4. The maximum Gasteiger partial charge on any atom is 0.253 e. The fourth-order valence-electron chi connectivity index (χ4n) is 2.54. The Morgan fingerprint density at radius 2 is 1.86 bits per heavy atom. The number of hydrogen-bond acceptors (Lipinski definition) is 7. The predicted molar refractivity (Wildman–Crippen MR) is 103 cm³/mol. The maximum absolute atomic E-state index is 12.0. The van der Waals surface area contributed by atoms with E-state index in [1.165, 1.54) is 23.3 Å². The molecule has 28 heavy (non-hydrogen) atoms. The highest BCUT2D eigenvalue weighted by Gasteiger charge is 2.07. The predicted octanol–water partition coefficient (Wildman–Crippen LogP) is 0.373. The highest BCUT2D eigenvalue weighted by atomic mass is 16.2. The third kappa shape index (κ3) is 4.58. The molecule has 3 heterocycles. The van der Waals surface area contributed by atoms with Gasteiger partial charge in [0.15, 0.2) is 0 Å². The van der Waals surface area contributed by atoms with Crippen LogP contribution in [-0.4, -0.2) is 48.1 Å². The fraction of sp³-hybridized carbons (Fsp3) is 0.333. The Morgan fingerprint density at radius 3 is 2.57 bits per heavy atom. The first-order chi connectivity index (χ1) is 13.4. The number of rotatable bonds is 7. The third-order valence-electron chi connectivity index (χ3n) is 4.23. The van der Waals surface area contributed by atoms with Crippen molar-refractivity contribution in [2.45, 2.75) is 27.3 Å². The molecule has 0 aliphatic heterocycles. The molecule has 3 aromatic rings. The summed E-state index contributed by atoms with van der Waals surface area (Å²) < 4.78 is 3.15.